The smallest absolute Gasteiger partial charge is 0.139 e. The van der Waals surface area contributed by atoms with E-state index in [0.717, 1.165) is 44.9 Å². The summed E-state index contributed by atoms with van der Waals surface area (Å²) in [4.78, 5) is 24.5. The number of terminal acetylenes is 1. The summed E-state index contributed by atoms with van der Waals surface area (Å²) >= 11 is 0. The molecule has 1 unspecified atom stereocenters. The predicted molar refractivity (Wildman–Crippen MR) is 89.4 cm³/mol. The molecule has 0 N–H and O–H groups in total. The molecule has 0 amide bonds. The Balaban J connectivity index is 1.72. The van der Waals surface area contributed by atoms with Crippen LogP contribution in [-0.2, 0) is 9.59 Å². The Morgan fingerprint density at radius 2 is 1.83 bits per heavy atom. The highest BCUT2D eigenvalue weighted by atomic mass is 16.1. The lowest BCUT2D eigenvalue weighted by atomic mass is 9.43. The van der Waals surface area contributed by atoms with E-state index in [-0.39, 0.29) is 16.7 Å². The number of rotatable bonds is 0. The van der Waals surface area contributed by atoms with Crippen molar-refractivity contribution >= 4 is 11.6 Å². The highest BCUT2D eigenvalue weighted by Gasteiger charge is 2.61. The molecular weight excluding hydrogens is 284 g/mol. The first-order valence-corrected chi connectivity index (χ1v) is 9.41. The molecule has 0 aliphatic heterocycles. The molecule has 124 valence electrons. The fourth-order valence-electron chi connectivity index (χ4n) is 7.08. The van der Waals surface area contributed by atoms with Crippen molar-refractivity contribution in [2.75, 3.05) is 0 Å². The van der Waals surface area contributed by atoms with Gasteiger partial charge in [-0.1, -0.05) is 13.8 Å². The van der Waals surface area contributed by atoms with Crippen LogP contribution in [0.4, 0.5) is 0 Å². The zero-order valence-electron chi connectivity index (χ0n) is 14.4. The second kappa shape index (κ2) is 4.95. The van der Waals surface area contributed by atoms with E-state index in [2.05, 4.69) is 19.8 Å². The maximum Gasteiger partial charge on any atom is 0.139 e. The van der Waals surface area contributed by atoms with Gasteiger partial charge in [-0.2, -0.15) is 0 Å². The van der Waals surface area contributed by atoms with E-state index in [4.69, 9.17) is 6.42 Å². The van der Waals surface area contributed by atoms with Crippen molar-refractivity contribution in [3.8, 4) is 12.3 Å². The fourth-order valence-corrected chi connectivity index (χ4v) is 7.08. The van der Waals surface area contributed by atoms with Gasteiger partial charge in [-0.15, -0.1) is 12.3 Å². The minimum Gasteiger partial charge on any atom is -0.300 e. The minimum atomic E-state index is -0.0893. The average molecular weight is 312 g/mol. The van der Waals surface area contributed by atoms with Crippen molar-refractivity contribution < 1.29 is 9.59 Å². The Morgan fingerprint density at radius 1 is 1.04 bits per heavy atom. The van der Waals surface area contributed by atoms with Gasteiger partial charge in [0, 0.05) is 30.6 Å². The average Bonchev–Trinajstić information content (AvgIpc) is 2.83. The SMILES string of the molecule is C#C[C@H]1C[C@@H]2[C@H](CC[C@]3(C)C(=O)CC[C@@H]23)[C@@]2(C)CCC(=O)CC12. The summed E-state index contributed by atoms with van der Waals surface area (Å²) in [6.45, 7) is 4.62. The van der Waals surface area contributed by atoms with Gasteiger partial charge in [0.2, 0.25) is 0 Å². The van der Waals surface area contributed by atoms with Crippen molar-refractivity contribution in [2.45, 2.75) is 65.2 Å². The monoisotopic (exact) mass is 312 g/mol. The highest BCUT2D eigenvalue weighted by Crippen LogP contribution is 2.66. The van der Waals surface area contributed by atoms with Crippen LogP contribution in [0.3, 0.4) is 0 Å². The van der Waals surface area contributed by atoms with Crippen LogP contribution in [0.1, 0.15) is 65.2 Å². The van der Waals surface area contributed by atoms with Crippen LogP contribution in [0.15, 0.2) is 0 Å². The van der Waals surface area contributed by atoms with Gasteiger partial charge in [-0.3, -0.25) is 9.59 Å². The molecule has 4 rings (SSSR count). The minimum absolute atomic E-state index is 0.0893. The van der Waals surface area contributed by atoms with Crippen LogP contribution in [0, 0.1) is 52.8 Å². The third-order valence-electron chi connectivity index (χ3n) is 8.46. The van der Waals surface area contributed by atoms with Gasteiger partial charge in [-0.05, 0) is 61.2 Å². The maximum atomic E-state index is 12.5. The molecule has 0 aromatic heterocycles. The number of hydrogen-bond donors (Lipinski definition) is 0. The molecular formula is C21H28O2. The maximum absolute atomic E-state index is 12.5. The van der Waals surface area contributed by atoms with E-state index in [1.54, 1.807) is 0 Å². The zero-order valence-corrected chi connectivity index (χ0v) is 14.4. The Morgan fingerprint density at radius 3 is 2.57 bits per heavy atom. The normalized spacial score (nSPS) is 52.3. The van der Waals surface area contributed by atoms with E-state index in [1.807, 2.05) is 0 Å². The Hall–Kier alpha value is -1.10. The second-order valence-corrected chi connectivity index (χ2v) is 9.16. The topological polar surface area (TPSA) is 34.1 Å². The van der Waals surface area contributed by atoms with Crippen molar-refractivity contribution in [1.29, 1.82) is 0 Å². The third-order valence-corrected chi connectivity index (χ3v) is 8.46. The van der Waals surface area contributed by atoms with Crippen LogP contribution < -0.4 is 0 Å². The molecule has 0 bridgehead atoms. The van der Waals surface area contributed by atoms with Crippen molar-refractivity contribution in [1.82, 2.24) is 0 Å². The zero-order chi connectivity index (χ0) is 16.4. The predicted octanol–water partition coefficient (Wildman–Crippen LogP) is 4.03. The number of hydrogen-bond acceptors (Lipinski definition) is 2. The van der Waals surface area contributed by atoms with Gasteiger partial charge in [0.15, 0.2) is 0 Å². The van der Waals surface area contributed by atoms with Gasteiger partial charge in [0.05, 0.1) is 0 Å². The van der Waals surface area contributed by atoms with Gasteiger partial charge < -0.3 is 0 Å². The van der Waals surface area contributed by atoms with E-state index in [0.29, 0.717) is 41.7 Å². The van der Waals surface area contributed by atoms with Gasteiger partial charge >= 0.3 is 0 Å². The summed E-state index contributed by atoms with van der Waals surface area (Å²) in [5.41, 5.74) is 0.120. The molecule has 4 fully saturated rings. The number of carbonyl (C=O) groups is 2. The summed E-state index contributed by atoms with van der Waals surface area (Å²) in [6, 6.07) is 0. The standard InChI is InChI=1S/C21H28O2/c1-4-13-11-15-16-5-6-19(23)21(16,3)10-8-17(15)20(2)9-7-14(22)12-18(13)20/h1,13,15-18H,5-12H2,2-3H3/t13-,15-,16-,17-,18?,20+,21-/m0/s1. The summed E-state index contributed by atoms with van der Waals surface area (Å²) in [5, 5.41) is 0. The molecule has 0 saturated heterocycles. The highest BCUT2D eigenvalue weighted by molar-refractivity contribution is 5.87. The number of Topliss-reactive ketones (excluding diaryl/α,β-unsaturated/α-hetero) is 2. The van der Waals surface area contributed by atoms with Crippen LogP contribution in [0.25, 0.3) is 0 Å². The molecule has 0 aromatic carbocycles. The first-order valence-electron chi connectivity index (χ1n) is 9.41. The number of fused-ring (bicyclic) bond motifs is 5. The molecule has 0 radical (unpaired) electrons. The molecule has 7 atom stereocenters. The van der Waals surface area contributed by atoms with Gasteiger partial charge in [0.25, 0.3) is 0 Å². The molecule has 4 aliphatic carbocycles. The summed E-state index contributed by atoms with van der Waals surface area (Å²) < 4.78 is 0. The fraction of sp³-hybridized carbons (Fsp3) is 0.810. The molecule has 0 spiro atoms. The van der Waals surface area contributed by atoms with Crippen molar-refractivity contribution in [2.24, 2.45) is 40.4 Å². The van der Waals surface area contributed by atoms with E-state index in [1.165, 1.54) is 0 Å². The lowest BCUT2D eigenvalue weighted by Gasteiger charge is -2.60. The first-order chi connectivity index (χ1) is 10.9. The number of carbonyl (C=O) groups excluding carboxylic acids is 2. The Bertz CT molecular complexity index is 599. The third kappa shape index (κ3) is 1.95. The van der Waals surface area contributed by atoms with Crippen LogP contribution in [0.5, 0.6) is 0 Å². The van der Waals surface area contributed by atoms with Crippen molar-refractivity contribution in [3.63, 3.8) is 0 Å². The Labute approximate surface area is 139 Å². The lowest BCUT2D eigenvalue weighted by molar-refractivity contribution is -0.148. The summed E-state index contributed by atoms with van der Waals surface area (Å²) in [5.74, 6) is 6.32. The second-order valence-electron chi connectivity index (χ2n) is 9.16. The largest absolute Gasteiger partial charge is 0.300 e. The summed E-state index contributed by atoms with van der Waals surface area (Å²) in [6.07, 6.45) is 13.4. The first kappa shape index (κ1) is 15.4. The Kier molecular flexibility index (Phi) is 3.32. The molecule has 4 aliphatic rings. The van der Waals surface area contributed by atoms with Gasteiger partial charge in [0.1, 0.15) is 11.6 Å². The van der Waals surface area contributed by atoms with E-state index >= 15 is 0 Å². The van der Waals surface area contributed by atoms with E-state index < -0.39 is 0 Å². The van der Waals surface area contributed by atoms with E-state index in [9.17, 15) is 9.59 Å². The number of ketones is 2. The molecule has 4 saturated carbocycles. The molecule has 0 aromatic rings. The molecule has 2 heteroatoms. The van der Waals surface area contributed by atoms with Crippen LogP contribution in [0.2, 0.25) is 0 Å². The van der Waals surface area contributed by atoms with Gasteiger partial charge in [-0.25, -0.2) is 0 Å². The van der Waals surface area contributed by atoms with Crippen LogP contribution in [-0.4, -0.2) is 11.6 Å². The summed E-state index contributed by atoms with van der Waals surface area (Å²) in [7, 11) is 0. The quantitative estimate of drug-likeness (QED) is 0.633. The molecule has 23 heavy (non-hydrogen) atoms. The lowest BCUT2D eigenvalue weighted by Crippen LogP contribution is -2.56. The van der Waals surface area contributed by atoms with Crippen molar-refractivity contribution in [3.05, 3.63) is 0 Å². The van der Waals surface area contributed by atoms with Crippen LogP contribution >= 0.6 is 0 Å². The molecule has 0 heterocycles. The molecule has 2 nitrogen and oxygen atoms in total.